The molecule has 0 aromatic heterocycles. The Morgan fingerprint density at radius 1 is 0.950 bits per heavy atom. The van der Waals surface area contributed by atoms with Gasteiger partial charge in [0.25, 0.3) is 0 Å². The molecular formula is C17H15NO2. The van der Waals surface area contributed by atoms with Gasteiger partial charge in [-0.05, 0) is 17.7 Å². The summed E-state index contributed by atoms with van der Waals surface area (Å²) in [6.07, 6.45) is 1.11. The van der Waals surface area contributed by atoms with Crippen molar-refractivity contribution in [2.45, 2.75) is 12.5 Å². The summed E-state index contributed by atoms with van der Waals surface area (Å²) in [6.45, 7) is 0. The number of rotatable bonds is 4. The van der Waals surface area contributed by atoms with E-state index in [-0.39, 0.29) is 24.3 Å². The highest BCUT2D eigenvalue weighted by molar-refractivity contribution is 6.04. The third kappa shape index (κ3) is 2.01. The van der Waals surface area contributed by atoms with Crippen molar-refractivity contribution in [2.75, 3.05) is 4.90 Å². The van der Waals surface area contributed by atoms with Crippen LogP contribution in [-0.2, 0) is 9.59 Å². The van der Waals surface area contributed by atoms with Crippen molar-refractivity contribution >= 4 is 17.9 Å². The van der Waals surface area contributed by atoms with E-state index in [0.29, 0.717) is 0 Å². The molecule has 1 amide bonds. The van der Waals surface area contributed by atoms with E-state index in [1.807, 2.05) is 60.7 Å². The molecule has 0 unspecified atom stereocenters. The summed E-state index contributed by atoms with van der Waals surface area (Å²) in [5, 5.41) is 0. The van der Waals surface area contributed by atoms with Crippen molar-refractivity contribution in [3.8, 4) is 0 Å². The summed E-state index contributed by atoms with van der Waals surface area (Å²) in [5.41, 5.74) is 1.95. The van der Waals surface area contributed by atoms with Gasteiger partial charge in [0.1, 0.15) is 6.29 Å². The third-order valence-corrected chi connectivity index (χ3v) is 3.74. The minimum absolute atomic E-state index is 0.0251. The van der Waals surface area contributed by atoms with Gasteiger partial charge < -0.3 is 9.69 Å². The molecule has 1 saturated heterocycles. The molecule has 3 heteroatoms. The van der Waals surface area contributed by atoms with E-state index in [1.165, 1.54) is 0 Å². The number of anilines is 1. The second-order valence-corrected chi connectivity index (χ2v) is 4.91. The fourth-order valence-corrected chi connectivity index (χ4v) is 2.79. The molecule has 2 atom stereocenters. The Morgan fingerprint density at radius 3 is 2.15 bits per heavy atom. The fraction of sp³-hybridized carbons (Fsp3) is 0.176. The van der Waals surface area contributed by atoms with E-state index in [4.69, 9.17) is 0 Å². The quantitative estimate of drug-likeness (QED) is 0.629. The van der Waals surface area contributed by atoms with Gasteiger partial charge in [0, 0.05) is 12.1 Å². The maximum absolute atomic E-state index is 12.3. The van der Waals surface area contributed by atoms with Crippen molar-refractivity contribution in [3.63, 3.8) is 0 Å². The molecule has 1 aliphatic rings. The summed E-state index contributed by atoms with van der Waals surface area (Å²) in [7, 11) is 0. The molecule has 1 heterocycles. The molecule has 3 nitrogen and oxygen atoms in total. The third-order valence-electron chi connectivity index (χ3n) is 3.74. The standard InChI is InChI=1S/C17H15NO2/c19-12-11-15-16(13-7-3-1-4-8-13)18(17(15)20)14-9-5-2-6-10-14/h1-10,12,15-16H,11H2/t15-,16-/m1/s1. The summed E-state index contributed by atoms with van der Waals surface area (Å²) in [4.78, 5) is 24.9. The van der Waals surface area contributed by atoms with Gasteiger partial charge in [-0.1, -0.05) is 48.5 Å². The molecule has 0 aliphatic carbocycles. The van der Waals surface area contributed by atoms with Gasteiger partial charge in [-0.15, -0.1) is 0 Å². The van der Waals surface area contributed by atoms with Crippen LogP contribution in [0.3, 0.4) is 0 Å². The number of carbonyl (C=O) groups is 2. The Kier molecular flexibility index (Phi) is 3.33. The van der Waals surface area contributed by atoms with Crippen LogP contribution in [0.15, 0.2) is 60.7 Å². The van der Waals surface area contributed by atoms with Crippen LogP contribution in [0, 0.1) is 5.92 Å². The summed E-state index contributed by atoms with van der Waals surface area (Å²) in [6, 6.07) is 19.4. The predicted octanol–water partition coefficient (Wildman–Crippen LogP) is 2.98. The van der Waals surface area contributed by atoms with Gasteiger partial charge >= 0.3 is 0 Å². The molecule has 3 rings (SSSR count). The summed E-state index contributed by atoms with van der Waals surface area (Å²) in [5.74, 6) is -0.216. The lowest BCUT2D eigenvalue weighted by Gasteiger charge is -2.47. The molecule has 20 heavy (non-hydrogen) atoms. The number of nitrogens with zero attached hydrogens (tertiary/aromatic N) is 1. The second-order valence-electron chi connectivity index (χ2n) is 4.91. The van der Waals surface area contributed by atoms with Crippen LogP contribution in [0.25, 0.3) is 0 Å². The van der Waals surface area contributed by atoms with E-state index in [0.717, 1.165) is 17.5 Å². The SMILES string of the molecule is O=CC[C@H]1C(=O)N(c2ccccc2)[C@@H]1c1ccccc1. The number of benzene rings is 2. The number of para-hydroxylation sites is 1. The van der Waals surface area contributed by atoms with E-state index in [1.54, 1.807) is 4.90 Å². The van der Waals surface area contributed by atoms with Gasteiger partial charge in [-0.3, -0.25) is 4.79 Å². The van der Waals surface area contributed by atoms with E-state index in [2.05, 4.69) is 0 Å². The first-order valence-electron chi connectivity index (χ1n) is 6.69. The molecular weight excluding hydrogens is 250 g/mol. The highest BCUT2D eigenvalue weighted by Gasteiger charge is 2.48. The van der Waals surface area contributed by atoms with Crippen LogP contribution < -0.4 is 4.90 Å². The topological polar surface area (TPSA) is 37.4 Å². The summed E-state index contributed by atoms with van der Waals surface area (Å²) >= 11 is 0. The monoisotopic (exact) mass is 265 g/mol. The number of aldehydes is 1. The lowest BCUT2D eigenvalue weighted by molar-refractivity contribution is -0.132. The molecule has 2 aromatic rings. The largest absolute Gasteiger partial charge is 0.304 e. The van der Waals surface area contributed by atoms with Crippen molar-refractivity contribution in [3.05, 3.63) is 66.2 Å². The highest BCUT2D eigenvalue weighted by Crippen LogP contribution is 2.44. The van der Waals surface area contributed by atoms with Crippen LogP contribution in [0.5, 0.6) is 0 Å². The number of amides is 1. The number of carbonyl (C=O) groups excluding carboxylic acids is 2. The molecule has 0 radical (unpaired) electrons. The van der Waals surface area contributed by atoms with E-state index >= 15 is 0 Å². The molecule has 0 saturated carbocycles. The first-order valence-corrected chi connectivity index (χ1v) is 6.69. The first kappa shape index (κ1) is 12.6. The number of β-lactam (4-membered cyclic amide) rings is 1. The van der Waals surface area contributed by atoms with E-state index in [9.17, 15) is 9.59 Å². The van der Waals surface area contributed by atoms with Gasteiger partial charge in [-0.2, -0.15) is 0 Å². The predicted molar refractivity (Wildman–Crippen MR) is 77.3 cm³/mol. The zero-order valence-corrected chi connectivity index (χ0v) is 11.0. The Morgan fingerprint density at radius 2 is 1.55 bits per heavy atom. The van der Waals surface area contributed by atoms with Gasteiger partial charge in [0.2, 0.25) is 5.91 Å². The average molecular weight is 265 g/mol. The molecule has 1 fully saturated rings. The minimum Gasteiger partial charge on any atom is -0.304 e. The Labute approximate surface area is 117 Å². The maximum atomic E-state index is 12.3. The van der Waals surface area contributed by atoms with Crippen LogP contribution in [-0.4, -0.2) is 12.2 Å². The maximum Gasteiger partial charge on any atom is 0.233 e. The number of hydrogen-bond donors (Lipinski definition) is 0. The Hall–Kier alpha value is -2.42. The van der Waals surface area contributed by atoms with Crippen LogP contribution in [0.2, 0.25) is 0 Å². The first-order chi connectivity index (χ1) is 9.83. The lowest BCUT2D eigenvalue weighted by atomic mass is 9.80. The highest BCUT2D eigenvalue weighted by atomic mass is 16.2. The lowest BCUT2D eigenvalue weighted by Crippen LogP contribution is -2.55. The smallest absolute Gasteiger partial charge is 0.233 e. The molecule has 100 valence electrons. The zero-order valence-electron chi connectivity index (χ0n) is 11.0. The van der Waals surface area contributed by atoms with Crippen molar-refractivity contribution < 1.29 is 9.59 Å². The van der Waals surface area contributed by atoms with Gasteiger partial charge in [0.15, 0.2) is 0 Å². The van der Waals surface area contributed by atoms with Gasteiger partial charge in [0.05, 0.1) is 12.0 Å². The van der Waals surface area contributed by atoms with Crippen molar-refractivity contribution in [1.82, 2.24) is 0 Å². The van der Waals surface area contributed by atoms with Crippen LogP contribution in [0.4, 0.5) is 5.69 Å². The number of hydrogen-bond acceptors (Lipinski definition) is 2. The van der Waals surface area contributed by atoms with Gasteiger partial charge in [-0.25, -0.2) is 0 Å². The average Bonchev–Trinajstić information content (AvgIpc) is 2.51. The molecule has 0 bridgehead atoms. The van der Waals surface area contributed by atoms with Crippen molar-refractivity contribution in [2.24, 2.45) is 5.92 Å². The molecule has 0 spiro atoms. The zero-order chi connectivity index (χ0) is 13.9. The normalized spacial score (nSPS) is 21.4. The Bertz CT molecular complexity index is 609. The molecule has 0 N–H and O–H groups in total. The second kappa shape index (κ2) is 5.29. The van der Waals surface area contributed by atoms with Crippen molar-refractivity contribution in [1.29, 1.82) is 0 Å². The van der Waals surface area contributed by atoms with Crippen LogP contribution in [0.1, 0.15) is 18.0 Å². The van der Waals surface area contributed by atoms with E-state index < -0.39 is 0 Å². The Balaban J connectivity index is 1.97. The fourth-order valence-electron chi connectivity index (χ4n) is 2.79. The molecule has 2 aromatic carbocycles. The summed E-state index contributed by atoms with van der Waals surface area (Å²) < 4.78 is 0. The minimum atomic E-state index is -0.241. The molecule has 1 aliphatic heterocycles. The van der Waals surface area contributed by atoms with Crippen LogP contribution >= 0.6 is 0 Å².